The second kappa shape index (κ2) is 7.59. The topological polar surface area (TPSA) is 75.6 Å². The molecule has 0 amide bonds. The summed E-state index contributed by atoms with van der Waals surface area (Å²) in [6.07, 6.45) is 1.10. The molecular formula is C24H23NO4. The zero-order chi connectivity index (χ0) is 20.5. The second-order valence-corrected chi connectivity index (χ2v) is 7.51. The number of carbonyl (C=O) groups is 2. The Bertz CT molecular complexity index is 1020. The van der Waals surface area contributed by atoms with E-state index >= 15 is 0 Å². The summed E-state index contributed by atoms with van der Waals surface area (Å²) in [5, 5.41) is 13.0. The number of dihydropyridines is 1. The first-order valence-electron chi connectivity index (χ1n) is 9.65. The smallest absolute Gasteiger partial charge is 0.336 e. The van der Waals surface area contributed by atoms with E-state index in [0.29, 0.717) is 29.7 Å². The number of phenols is 1. The third-order valence-corrected chi connectivity index (χ3v) is 5.73. The summed E-state index contributed by atoms with van der Waals surface area (Å²) in [7, 11) is 1.34. The van der Waals surface area contributed by atoms with Crippen LogP contribution in [0.2, 0.25) is 0 Å². The van der Waals surface area contributed by atoms with E-state index in [-0.39, 0.29) is 17.5 Å². The quantitative estimate of drug-likeness (QED) is 0.778. The summed E-state index contributed by atoms with van der Waals surface area (Å²) in [5.74, 6) is -0.708. The number of allylic oxidation sites excluding steroid dienone is 3. The lowest BCUT2D eigenvalue weighted by Crippen LogP contribution is -2.36. The molecule has 2 aliphatic rings. The van der Waals surface area contributed by atoms with Gasteiger partial charge in [0.2, 0.25) is 0 Å². The number of Topliss-reactive ketones (excluding diaryl/α,β-unsaturated/α-hetero) is 1. The van der Waals surface area contributed by atoms with Crippen LogP contribution >= 0.6 is 0 Å². The van der Waals surface area contributed by atoms with Gasteiger partial charge in [-0.3, -0.25) is 4.79 Å². The molecule has 5 nitrogen and oxygen atoms in total. The SMILES string of the molecule is COC(=O)C1=C(C)NC2=C(C(=O)CC(c3ccccc3)C2)C1c1ccc(O)cc1. The number of nitrogens with one attached hydrogen (secondary N) is 1. The Balaban J connectivity index is 1.81. The van der Waals surface area contributed by atoms with Gasteiger partial charge in [-0.25, -0.2) is 4.79 Å². The number of hydrogen-bond donors (Lipinski definition) is 2. The minimum atomic E-state index is -0.511. The maximum Gasteiger partial charge on any atom is 0.336 e. The Morgan fingerprint density at radius 3 is 2.38 bits per heavy atom. The molecule has 2 atom stereocenters. The van der Waals surface area contributed by atoms with Crippen molar-refractivity contribution in [2.75, 3.05) is 7.11 Å². The number of rotatable bonds is 3. The fraction of sp³-hybridized carbons (Fsp3) is 0.250. The number of phenolic OH excluding ortho intramolecular Hbond substituents is 1. The standard InChI is InChI=1S/C24H23NO4/c1-14-21(24(28)29-2)22(16-8-10-18(26)11-9-16)23-19(25-14)12-17(13-20(23)27)15-6-4-3-5-7-15/h3-11,17,22,25-26H,12-13H2,1-2H3. The highest BCUT2D eigenvalue weighted by atomic mass is 16.5. The molecule has 0 aromatic heterocycles. The number of ether oxygens (including phenoxy) is 1. The Labute approximate surface area is 169 Å². The lowest BCUT2D eigenvalue weighted by molar-refractivity contribution is -0.136. The van der Waals surface area contributed by atoms with Crippen molar-refractivity contribution in [1.82, 2.24) is 5.32 Å². The third-order valence-electron chi connectivity index (χ3n) is 5.73. The molecule has 148 valence electrons. The monoisotopic (exact) mass is 389 g/mol. The summed E-state index contributed by atoms with van der Waals surface area (Å²) in [6, 6.07) is 16.7. The normalized spacial score (nSPS) is 21.5. The Hall–Kier alpha value is -3.34. The summed E-state index contributed by atoms with van der Waals surface area (Å²) < 4.78 is 5.02. The van der Waals surface area contributed by atoms with Crippen LogP contribution in [0.4, 0.5) is 0 Å². The first-order chi connectivity index (χ1) is 14.0. The van der Waals surface area contributed by atoms with Gasteiger partial charge in [-0.05, 0) is 42.5 Å². The van der Waals surface area contributed by atoms with Crippen molar-refractivity contribution < 1.29 is 19.4 Å². The van der Waals surface area contributed by atoms with Crippen molar-refractivity contribution in [1.29, 1.82) is 0 Å². The molecule has 2 N–H and O–H groups in total. The Kier molecular flexibility index (Phi) is 4.97. The largest absolute Gasteiger partial charge is 0.508 e. The predicted molar refractivity (Wildman–Crippen MR) is 109 cm³/mol. The molecule has 0 fully saturated rings. The van der Waals surface area contributed by atoms with Crippen LogP contribution in [0.3, 0.4) is 0 Å². The van der Waals surface area contributed by atoms with Gasteiger partial charge in [0, 0.05) is 29.3 Å². The van der Waals surface area contributed by atoms with E-state index in [1.165, 1.54) is 7.11 Å². The van der Waals surface area contributed by atoms with Gasteiger partial charge in [0.1, 0.15) is 5.75 Å². The van der Waals surface area contributed by atoms with E-state index < -0.39 is 11.9 Å². The van der Waals surface area contributed by atoms with Crippen LogP contribution in [-0.2, 0) is 14.3 Å². The fourth-order valence-electron chi connectivity index (χ4n) is 4.38. The number of hydrogen-bond acceptors (Lipinski definition) is 5. The van der Waals surface area contributed by atoms with Gasteiger partial charge in [-0.1, -0.05) is 42.5 Å². The first-order valence-corrected chi connectivity index (χ1v) is 9.65. The van der Waals surface area contributed by atoms with Gasteiger partial charge in [0.15, 0.2) is 5.78 Å². The summed E-state index contributed by atoms with van der Waals surface area (Å²) >= 11 is 0. The Morgan fingerprint density at radius 1 is 1.03 bits per heavy atom. The van der Waals surface area contributed by atoms with E-state index in [4.69, 9.17) is 4.74 Å². The van der Waals surface area contributed by atoms with Crippen molar-refractivity contribution in [2.24, 2.45) is 0 Å². The third kappa shape index (κ3) is 3.44. The molecule has 0 spiro atoms. The number of aromatic hydroxyl groups is 1. The summed E-state index contributed by atoms with van der Waals surface area (Å²) in [6.45, 7) is 1.83. The highest BCUT2D eigenvalue weighted by Gasteiger charge is 2.41. The Morgan fingerprint density at radius 2 is 1.72 bits per heavy atom. The lowest BCUT2D eigenvalue weighted by Gasteiger charge is -2.36. The lowest BCUT2D eigenvalue weighted by atomic mass is 9.72. The molecule has 4 rings (SSSR count). The van der Waals surface area contributed by atoms with Crippen molar-refractivity contribution in [3.63, 3.8) is 0 Å². The average Bonchev–Trinajstić information content (AvgIpc) is 2.73. The van der Waals surface area contributed by atoms with Crippen molar-refractivity contribution in [3.8, 4) is 5.75 Å². The predicted octanol–water partition coefficient (Wildman–Crippen LogP) is 3.93. The number of benzene rings is 2. The van der Waals surface area contributed by atoms with Crippen LogP contribution in [0.5, 0.6) is 5.75 Å². The molecular weight excluding hydrogens is 366 g/mol. The van der Waals surface area contributed by atoms with Gasteiger partial charge in [0.25, 0.3) is 0 Å². The van der Waals surface area contributed by atoms with Crippen molar-refractivity contribution >= 4 is 11.8 Å². The summed E-state index contributed by atoms with van der Waals surface area (Å²) in [4.78, 5) is 25.9. The van der Waals surface area contributed by atoms with Crippen LogP contribution in [0, 0.1) is 0 Å². The average molecular weight is 389 g/mol. The number of ketones is 1. The maximum atomic E-state index is 13.3. The highest BCUT2D eigenvalue weighted by Crippen LogP contribution is 2.45. The van der Waals surface area contributed by atoms with Gasteiger partial charge in [0.05, 0.1) is 12.7 Å². The molecule has 0 saturated carbocycles. The maximum absolute atomic E-state index is 13.3. The first kappa shape index (κ1) is 19.0. The molecule has 2 aromatic carbocycles. The van der Waals surface area contributed by atoms with Crippen LogP contribution < -0.4 is 5.32 Å². The molecule has 5 heteroatoms. The molecule has 2 aromatic rings. The van der Waals surface area contributed by atoms with Gasteiger partial charge < -0.3 is 15.2 Å². The molecule has 0 radical (unpaired) electrons. The molecule has 29 heavy (non-hydrogen) atoms. The van der Waals surface area contributed by atoms with Gasteiger partial charge in [-0.2, -0.15) is 0 Å². The molecule has 2 unspecified atom stereocenters. The van der Waals surface area contributed by atoms with E-state index in [9.17, 15) is 14.7 Å². The number of methoxy groups -OCH3 is 1. The molecule has 0 bridgehead atoms. The number of carbonyl (C=O) groups excluding carboxylic acids is 2. The zero-order valence-corrected chi connectivity index (χ0v) is 16.4. The van der Waals surface area contributed by atoms with E-state index in [1.807, 2.05) is 37.3 Å². The van der Waals surface area contributed by atoms with Crippen LogP contribution in [-0.4, -0.2) is 24.0 Å². The summed E-state index contributed by atoms with van der Waals surface area (Å²) in [5.41, 5.74) is 4.52. The second-order valence-electron chi connectivity index (χ2n) is 7.51. The molecule has 0 saturated heterocycles. The zero-order valence-electron chi connectivity index (χ0n) is 16.4. The molecule has 1 heterocycles. The van der Waals surface area contributed by atoms with Crippen LogP contribution in [0.15, 0.2) is 77.1 Å². The van der Waals surface area contributed by atoms with Crippen LogP contribution in [0.25, 0.3) is 0 Å². The van der Waals surface area contributed by atoms with Crippen molar-refractivity contribution in [3.05, 3.63) is 88.3 Å². The van der Waals surface area contributed by atoms with Gasteiger partial charge >= 0.3 is 5.97 Å². The van der Waals surface area contributed by atoms with Crippen LogP contribution in [0.1, 0.15) is 42.7 Å². The number of esters is 1. The molecule has 1 aliphatic carbocycles. The minimum absolute atomic E-state index is 0.0274. The highest BCUT2D eigenvalue weighted by molar-refractivity contribution is 6.04. The van der Waals surface area contributed by atoms with Crippen molar-refractivity contribution in [2.45, 2.75) is 31.6 Å². The molecule has 1 aliphatic heterocycles. The fourth-order valence-corrected chi connectivity index (χ4v) is 4.38. The van der Waals surface area contributed by atoms with E-state index in [1.54, 1.807) is 24.3 Å². The van der Waals surface area contributed by atoms with E-state index in [2.05, 4.69) is 5.32 Å². The van der Waals surface area contributed by atoms with E-state index in [0.717, 1.165) is 16.8 Å². The van der Waals surface area contributed by atoms with Gasteiger partial charge in [-0.15, -0.1) is 0 Å². The minimum Gasteiger partial charge on any atom is -0.508 e.